The molecule has 0 saturated carbocycles. The second-order valence-corrected chi connectivity index (χ2v) is 8.25. The molecule has 33 heavy (non-hydrogen) atoms. The standard InChI is InChI=1S/C26H25N5O2/c32-25(28-18-21-8-4-13-27-24(21)31-15-5-14-29-31)20-11-16-30(17-12-20)26(33)23-10-3-7-19-6-1-2-9-22(19)23/h1-10,13-15,20H,11-12,16-18H2,(H,28,32). The zero-order valence-corrected chi connectivity index (χ0v) is 18.2. The lowest BCUT2D eigenvalue weighted by molar-refractivity contribution is -0.126. The fraction of sp³-hybridized carbons (Fsp3) is 0.231. The first-order valence-electron chi connectivity index (χ1n) is 11.2. The van der Waals surface area contributed by atoms with Gasteiger partial charge in [-0.3, -0.25) is 9.59 Å². The maximum Gasteiger partial charge on any atom is 0.254 e. The highest BCUT2D eigenvalue weighted by atomic mass is 16.2. The summed E-state index contributed by atoms with van der Waals surface area (Å²) >= 11 is 0. The van der Waals surface area contributed by atoms with E-state index in [4.69, 9.17) is 0 Å². The van der Waals surface area contributed by atoms with Gasteiger partial charge in [0.2, 0.25) is 5.91 Å². The third-order valence-corrected chi connectivity index (χ3v) is 6.21. The predicted octanol–water partition coefficient (Wildman–Crippen LogP) is 3.59. The van der Waals surface area contributed by atoms with Gasteiger partial charge < -0.3 is 10.2 Å². The molecule has 0 aliphatic carbocycles. The van der Waals surface area contributed by atoms with Gasteiger partial charge in [0.05, 0.1) is 0 Å². The molecule has 7 heteroatoms. The normalized spacial score (nSPS) is 14.4. The van der Waals surface area contributed by atoms with E-state index in [-0.39, 0.29) is 17.7 Å². The molecule has 5 rings (SSSR count). The number of nitrogens with one attached hydrogen (secondary N) is 1. The first-order chi connectivity index (χ1) is 16.2. The number of nitrogens with zero attached hydrogens (tertiary/aromatic N) is 4. The highest BCUT2D eigenvalue weighted by Gasteiger charge is 2.28. The maximum atomic E-state index is 13.2. The Morgan fingerprint density at radius 1 is 0.939 bits per heavy atom. The van der Waals surface area contributed by atoms with Crippen LogP contribution in [0.25, 0.3) is 16.6 Å². The van der Waals surface area contributed by atoms with Crippen molar-refractivity contribution in [2.45, 2.75) is 19.4 Å². The van der Waals surface area contributed by atoms with Crippen molar-refractivity contribution in [3.8, 4) is 5.82 Å². The third-order valence-electron chi connectivity index (χ3n) is 6.21. The van der Waals surface area contributed by atoms with Crippen LogP contribution in [0.5, 0.6) is 0 Å². The molecule has 4 aromatic rings. The zero-order valence-electron chi connectivity index (χ0n) is 18.2. The largest absolute Gasteiger partial charge is 0.352 e. The number of carbonyl (C=O) groups is 2. The molecule has 0 unspecified atom stereocenters. The van der Waals surface area contributed by atoms with Crippen molar-refractivity contribution in [2.75, 3.05) is 13.1 Å². The first kappa shape index (κ1) is 20.9. The van der Waals surface area contributed by atoms with Crippen LogP contribution in [-0.2, 0) is 11.3 Å². The van der Waals surface area contributed by atoms with E-state index >= 15 is 0 Å². The van der Waals surface area contributed by atoms with E-state index in [0.717, 1.165) is 21.9 Å². The van der Waals surface area contributed by atoms with E-state index < -0.39 is 0 Å². The molecule has 2 aromatic carbocycles. The van der Waals surface area contributed by atoms with Gasteiger partial charge in [0.25, 0.3) is 5.91 Å². The van der Waals surface area contributed by atoms with Crippen LogP contribution in [0, 0.1) is 5.92 Å². The van der Waals surface area contributed by atoms with Crippen LogP contribution in [0.2, 0.25) is 0 Å². The van der Waals surface area contributed by atoms with Crippen LogP contribution in [0.1, 0.15) is 28.8 Å². The summed E-state index contributed by atoms with van der Waals surface area (Å²) in [5, 5.41) is 9.31. The van der Waals surface area contributed by atoms with Gasteiger partial charge in [-0.2, -0.15) is 5.10 Å². The molecule has 0 radical (unpaired) electrons. The summed E-state index contributed by atoms with van der Waals surface area (Å²) in [7, 11) is 0. The number of rotatable bonds is 5. The maximum absolute atomic E-state index is 13.2. The Morgan fingerprint density at radius 2 is 1.76 bits per heavy atom. The summed E-state index contributed by atoms with van der Waals surface area (Å²) in [6.07, 6.45) is 6.55. The van der Waals surface area contributed by atoms with Crippen molar-refractivity contribution >= 4 is 22.6 Å². The molecule has 1 saturated heterocycles. The van der Waals surface area contributed by atoms with Gasteiger partial charge in [-0.15, -0.1) is 0 Å². The minimum absolute atomic E-state index is 0.0162. The molecule has 7 nitrogen and oxygen atoms in total. The molecular formula is C26H25N5O2. The minimum atomic E-state index is -0.105. The van der Waals surface area contributed by atoms with E-state index in [9.17, 15) is 9.59 Å². The number of likely N-dealkylation sites (tertiary alicyclic amines) is 1. The monoisotopic (exact) mass is 439 g/mol. The number of pyridine rings is 1. The third kappa shape index (κ3) is 4.35. The molecular weight excluding hydrogens is 414 g/mol. The summed E-state index contributed by atoms with van der Waals surface area (Å²) in [5.41, 5.74) is 1.62. The lowest BCUT2D eigenvalue weighted by Gasteiger charge is -2.31. The SMILES string of the molecule is O=C(NCc1cccnc1-n1cccn1)C1CCN(C(=O)c2cccc3ccccc23)CC1. The van der Waals surface area contributed by atoms with Crippen LogP contribution in [0.15, 0.2) is 79.3 Å². The predicted molar refractivity (Wildman–Crippen MR) is 126 cm³/mol. The zero-order chi connectivity index (χ0) is 22.6. The number of carbonyl (C=O) groups excluding carboxylic acids is 2. The number of amides is 2. The van der Waals surface area contributed by atoms with Gasteiger partial charge in [-0.05, 0) is 41.8 Å². The number of benzene rings is 2. The topological polar surface area (TPSA) is 80.1 Å². The van der Waals surface area contributed by atoms with Crippen molar-refractivity contribution in [2.24, 2.45) is 5.92 Å². The molecule has 2 aromatic heterocycles. The average molecular weight is 440 g/mol. The fourth-order valence-electron chi connectivity index (χ4n) is 4.42. The van der Waals surface area contributed by atoms with Crippen molar-refractivity contribution in [1.82, 2.24) is 25.0 Å². The number of aromatic nitrogens is 3. The summed E-state index contributed by atoms with van der Waals surface area (Å²) < 4.78 is 1.69. The molecule has 3 heterocycles. The van der Waals surface area contributed by atoms with Gasteiger partial charge in [0.1, 0.15) is 0 Å². The fourth-order valence-corrected chi connectivity index (χ4v) is 4.42. The highest BCUT2D eigenvalue weighted by molar-refractivity contribution is 6.07. The van der Waals surface area contributed by atoms with Gasteiger partial charge in [0, 0.05) is 55.3 Å². The number of hydrogen-bond acceptors (Lipinski definition) is 4. The van der Waals surface area contributed by atoms with E-state index in [1.165, 1.54) is 0 Å². The van der Waals surface area contributed by atoms with Crippen molar-refractivity contribution in [1.29, 1.82) is 0 Å². The van der Waals surface area contributed by atoms with Gasteiger partial charge in [-0.1, -0.05) is 42.5 Å². The Morgan fingerprint density at radius 3 is 2.58 bits per heavy atom. The van der Waals surface area contributed by atoms with Crippen LogP contribution < -0.4 is 5.32 Å². The Hall–Kier alpha value is -4.00. The number of fused-ring (bicyclic) bond motifs is 1. The molecule has 1 fully saturated rings. The molecule has 0 atom stereocenters. The van der Waals surface area contributed by atoms with E-state index in [1.807, 2.05) is 71.8 Å². The molecule has 166 valence electrons. The first-order valence-corrected chi connectivity index (χ1v) is 11.2. The van der Waals surface area contributed by atoms with Gasteiger partial charge in [0.15, 0.2) is 5.82 Å². The van der Waals surface area contributed by atoms with Crippen LogP contribution >= 0.6 is 0 Å². The quantitative estimate of drug-likeness (QED) is 0.515. The highest BCUT2D eigenvalue weighted by Crippen LogP contribution is 2.24. The number of piperidine rings is 1. The van der Waals surface area contributed by atoms with E-state index in [0.29, 0.717) is 38.3 Å². The molecule has 1 N–H and O–H groups in total. The lowest BCUT2D eigenvalue weighted by atomic mass is 9.94. The van der Waals surface area contributed by atoms with Gasteiger partial charge >= 0.3 is 0 Å². The van der Waals surface area contributed by atoms with E-state index in [1.54, 1.807) is 17.1 Å². The Balaban J connectivity index is 1.20. The smallest absolute Gasteiger partial charge is 0.254 e. The molecule has 2 amide bonds. The molecule has 0 spiro atoms. The number of hydrogen-bond donors (Lipinski definition) is 1. The van der Waals surface area contributed by atoms with E-state index in [2.05, 4.69) is 15.4 Å². The summed E-state index contributed by atoms with van der Waals surface area (Å²) in [5.74, 6) is 0.650. The van der Waals surface area contributed by atoms with Crippen LogP contribution in [-0.4, -0.2) is 44.6 Å². The lowest BCUT2D eigenvalue weighted by Crippen LogP contribution is -2.43. The molecule has 0 bridgehead atoms. The van der Waals surface area contributed by atoms with Crippen LogP contribution in [0.3, 0.4) is 0 Å². The minimum Gasteiger partial charge on any atom is -0.352 e. The molecule has 1 aliphatic rings. The Bertz CT molecular complexity index is 1270. The van der Waals surface area contributed by atoms with Crippen molar-refractivity contribution in [3.05, 3.63) is 90.4 Å². The second kappa shape index (κ2) is 9.24. The summed E-state index contributed by atoms with van der Waals surface area (Å²) in [4.78, 5) is 32.3. The van der Waals surface area contributed by atoms with Gasteiger partial charge in [-0.25, -0.2) is 9.67 Å². The van der Waals surface area contributed by atoms with Crippen LogP contribution in [0.4, 0.5) is 0 Å². The van der Waals surface area contributed by atoms with Crippen molar-refractivity contribution < 1.29 is 9.59 Å². The Labute approximate surface area is 192 Å². The molecule has 1 aliphatic heterocycles. The second-order valence-electron chi connectivity index (χ2n) is 8.25. The summed E-state index contributed by atoms with van der Waals surface area (Å²) in [6.45, 7) is 1.54. The average Bonchev–Trinajstić information content (AvgIpc) is 3.42. The summed E-state index contributed by atoms with van der Waals surface area (Å²) in [6, 6.07) is 19.4. The van der Waals surface area contributed by atoms with Crippen molar-refractivity contribution in [3.63, 3.8) is 0 Å². The Kier molecular flexibility index (Phi) is 5.85.